The second-order valence-electron chi connectivity index (χ2n) is 7.35. The molecule has 0 spiro atoms. The van der Waals surface area contributed by atoms with Gasteiger partial charge < -0.3 is 15.3 Å². The molecule has 1 amide bonds. The zero-order chi connectivity index (χ0) is 16.7. The minimum Gasteiger partial charge on any atom is -0.389 e. The number of nitrogens with one attached hydrogen (secondary N) is 1. The van der Waals surface area contributed by atoms with E-state index in [1.54, 1.807) is 6.08 Å². The first kappa shape index (κ1) is 18.5. The molecule has 0 bridgehead atoms. The normalized spacial score (nSPS) is 22.6. The van der Waals surface area contributed by atoms with Crippen LogP contribution in [0.5, 0.6) is 0 Å². The Morgan fingerprint density at radius 1 is 1.17 bits per heavy atom. The topological polar surface area (TPSA) is 52.6 Å². The van der Waals surface area contributed by atoms with Crippen molar-refractivity contribution >= 4 is 5.91 Å². The molecule has 1 aliphatic carbocycles. The first-order chi connectivity index (χ1) is 11.0. The van der Waals surface area contributed by atoms with Gasteiger partial charge in [0.15, 0.2) is 0 Å². The number of likely N-dealkylation sites (tertiary alicyclic amines) is 1. The maximum absolute atomic E-state index is 12.0. The summed E-state index contributed by atoms with van der Waals surface area (Å²) in [6.07, 6.45) is 11.1. The van der Waals surface area contributed by atoms with Crippen LogP contribution in [0.25, 0.3) is 0 Å². The lowest BCUT2D eigenvalue weighted by atomic mass is 9.84. The van der Waals surface area contributed by atoms with Gasteiger partial charge in [0.05, 0.1) is 5.60 Å². The van der Waals surface area contributed by atoms with E-state index in [1.807, 2.05) is 0 Å². The van der Waals surface area contributed by atoms with Crippen LogP contribution in [0.2, 0.25) is 0 Å². The van der Waals surface area contributed by atoms with Crippen LogP contribution in [0, 0.1) is 0 Å². The number of allylic oxidation sites excluding steroid dienone is 1. The predicted molar refractivity (Wildman–Crippen MR) is 94.3 cm³/mol. The molecule has 2 aliphatic rings. The van der Waals surface area contributed by atoms with Crippen LogP contribution in [-0.4, -0.2) is 47.2 Å². The monoisotopic (exact) mass is 322 g/mol. The van der Waals surface area contributed by atoms with Gasteiger partial charge in [0.1, 0.15) is 0 Å². The Hall–Kier alpha value is -0.870. The van der Waals surface area contributed by atoms with Crippen LogP contribution in [-0.2, 0) is 4.79 Å². The zero-order valence-corrected chi connectivity index (χ0v) is 14.9. The van der Waals surface area contributed by atoms with Gasteiger partial charge >= 0.3 is 0 Å². The fourth-order valence-corrected chi connectivity index (χ4v) is 3.90. The molecule has 1 saturated heterocycles. The number of piperidine rings is 1. The van der Waals surface area contributed by atoms with Crippen LogP contribution in [0.4, 0.5) is 0 Å². The van der Waals surface area contributed by atoms with Gasteiger partial charge in [0, 0.05) is 31.8 Å². The molecule has 2 N–H and O–H groups in total. The van der Waals surface area contributed by atoms with Gasteiger partial charge in [-0.25, -0.2) is 0 Å². The third-order valence-corrected chi connectivity index (χ3v) is 5.48. The van der Waals surface area contributed by atoms with Gasteiger partial charge in [-0.3, -0.25) is 4.79 Å². The lowest BCUT2D eigenvalue weighted by molar-refractivity contribution is -0.117. The van der Waals surface area contributed by atoms with E-state index in [9.17, 15) is 9.90 Å². The Morgan fingerprint density at radius 3 is 2.35 bits per heavy atom. The smallest absolute Gasteiger partial charge is 0.244 e. The Balaban J connectivity index is 1.73. The molecule has 0 unspecified atom stereocenters. The first-order valence-corrected chi connectivity index (χ1v) is 9.49. The van der Waals surface area contributed by atoms with Gasteiger partial charge in [-0.2, -0.15) is 0 Å². The SMILES string of the molecule is CCC(=CC(=O)NC1CCN(CC2(O)CCCCC2)CC1)CC. The number of amides is 1. The van der Waals surface area contributed by atoms with Crippen molar-refractivity contribution in [3.63, 3.8) is 0 Å². The summed E-state index contributed by atoms with van der Waals surface area (Å²) in [6.45, 7) is 6.95. The summed E-state index contributed by atoms with van der Waals surface area (Å²) in [4.78, 5) is 14.4. The molecular weight excluding hydrogens is 288 g/mol. The minimum absolute atomic E-state index is 0.0630. The van der Waals surface area contributed by atoms with E-state index in [0.717, 1.165) is 71.0 Å². The average molecular weight is 322 g/mol. The lowest BCUT2D eigenvalue weighted by Gasteiger charge is -2.40. The fraction of sp³-hybridized carbons (Fsp3) is 0.842. The van der Waals surface area contributed by atoms with Gasteiger partial charge in [0.2, 0.25) is 5.91 Å². The van der Waals surface area contributed by atoms with Crippen LogP contribution < -0.4 is 5.32 Å². The van der Waals surface area contributed by atoms with Crippen molar-refractivity contribution in [2.24, 2.45) is 0 Å². The van der Waals surface area contributed by atoms with Gasteiger partial charge in [-0.15, -0.1) is 0 Å². The molecule has 4 heteroatoms. The molecule has 0 radical (unpaired) electrons. The summed E-state index contributed by atoms with van der Waals surface area (Å²) >= 11 is 0. The minimum atomic E-state index is -0.464. The Kier molecular flexibility index (Phi) is 7.09. The summed E-state index contributed by atoms with van der Waals surface area (Å²) in [6, 6.07) is 0.283. The maximum Gasteiger partial charge on any atom is 0.244 e. The molecule has 1 aliphatic heterocycles. The van der Waals surface area contributed by atoms with Crippen LogP contribution in [0.15, 0.2) is 11.6 Å². The summed E-state index contributed by atoms with van der Waals surface area (Å²) in [5, 5.41) is 13.8. The number of carbonyl (C=O) groups excluding carboxylic acids is 1. The number of β-amino-alcohol motifs (C(OH)–C–C–N with tert-alkyl or cyclic N) is 1. The predicted octanol–water partition coefficient (Wildman–Crippen LogP) is 3.01. The molecule has 2 fully saturated rings. The van der Waals surface area contributed by atoms with Crippen molar-refractivity contribution in [1.82, 2.24) is 10.2 Å². The van der Waals surface area contributed by atoms with Crippen LogP contribution in [0.1, 0.15) is 71.6 Å². The second kappa shape index (κ2) is 8.84. The average Bonchev–Trinajstić information content (AvgIpc) is 2.55. The highest BCUT2D eigenvalue weighted by atomic mass is 16.3. The van der Waals surface area contributed by atoms with E-state index in [-0.39, 0.29) is 11.9 Å². The molecule has 1 saturated carbocycles. The largest absolute Gasteiger partial charge is 0.389 e. The second-order valence-corrected chi connectivity index (χ2v) is 7.35. The number of nitrogens with zero attached hydrogens (tertiary/aromatic N) is 1. The molecule has 0 atom stereocenters. The van der Waals surface area contributed by atoms with E-state index in [0.29, 0.717) is 0 Å². The Labute approximate surface area is 141 Å². The van der Waals surface area contributed by atoms with Crippen molar-refractivity contribution < 1.29 is 9.90 Å². The number of aliphatic hydroxyl groups is 1. The molecule has 132 valence electrons. The van der Waals surface area contributed by atoms with E-state index in [4.69, 9.17) is 0 Å². The highest BCUT2D eigenvalue weighted by molar-refractivity contribution is 5.88. The maximum atomic E-state index is 12.0. The third kappa shape index (κ3) is 5.92. The molecule has 0 aromatic heterocycles. The Morgan fingerprint density at radius 2 is 1.78 bits per heavy atom. The van der Waals surface area contributed by atoms with E-state index in [2.05, 4.69) is 24.1 Å². The van der Waals surface area contributed by atoms with Crippen molar-refractivity contribution in [2.75, 3.05) is 19.6 Å². The van der Waals surface area contributed by atoms with Gasteiger partial charge in [-0.1, -0.05) is 38.7 Å². The quantitative estimate of drug-likeness (QED) is 0.739. The van der Waals surface area contributed by atoms with E-state index < -0.39 is 5.60 Å². The first-order valence-electron chi connectivity index (χ1n) is 9.49. The number of carbonyl (C=O) groups is 1. The van der Waals surface area contributed by atoms with Crippen molar-refractivity contribution in [3.05, 3.63) is 11.6 Å². The van der Waals surface area contributed by atoms with Crippen molar-refractivity contribution in [1.29, 1.82) is 0 Å². The van der Waals surface area contributed by atoms with E-state index in [1.165, 1.54) is 12.0 Å². The van der Waals surface area contributed by atoms with Gasteiger partial charge in [-0.05, 0) is 38.5 Å². The summed E-state index contributed by atoms with van der Waals surface area (Å²) in [5.41, 5.74) is 0.744. The molecule has 0 aromatic carbocycles. The highest BCUT2D eigenvalue weighted by Gasteiger charge is 2.32. The molecule has 4 nitrogen and oxygen atoms in total. The summed E-state index contributed by atoms with van der Waals surface area (Å²) in [7, 11) is 0. The standard InChI is InChI=1S/C19H34N2O2/c1-3-16(4-2)14-18(22)20-17-8-12-21(13-9-17)15-19(23)10-6-5-7-11-19/h14,17,23H,3-13,15H2,1-2H3,(H,20,22). The molecule has 1 heterocycles. The number of hydrogen-bond acceptors (Lipinski definition) is 3. The van der Waals surface area contributed by atoms with E-state index >= 15 is 0 Å². The molecular formula is C19H34N2O2. The molecule has 0 aromatic rings. The summed E-state index contributed by atoms with van der Waals surface area (Å²) < 4.78 is 0. The molecule has 23 heavy (non-hydrogen) atoms. The van der Waals surface area contributed by atoms with Gasteiger partial charge in [0.25, 0.3) is 0 Å². The summed E-state index contributed by atoms with van der Waals surface area (Å²) in [5.74, 6) is 0.0630. The van der Waals surface area contributed by atoms with Crippen LogP contribution >= 0.6 is 0 Å². The Bertz CT molecular complexity index is 400. The fourth-order valence-electron chi connectivity index (χ4n) is 3.90. The number of rotatable bonds is 6. The number of hydrogen-bond donors (Lipinski definition) is 2. The third-order valence-electron chi connectivity index (χ3n) is 5.48. The van der Waals surface area contributed by atoms with Crippen LogP contribution in [0.3, 0.4) is 0 Å². The van der Waals surface area contributed by atoms with Crippen molar-refractivity contribution in [3.8, 4) is 0 Å². The zero-order valence-electron chi connectivity index (χ0n) is 14.9. The highest BCUT2D eigenvalue weighted by Crippen LogP contribution is 2.29. The molecule has 2 rings (SSSR count). The van der Waals surface area contributed by atoms with Crippen molar-refractivity contribution in [2.45, 2.75) is 83.3 Å². The lowest BCUT2D eigenvalue weighted by Crippen LogP contribution is -2.50.